The van der Waals surface area contributed by atoms with Crippen molar-refractivity contribution in [2.75, 3.05) is 36.1 Å². The van der Waals surface area contributed by atoms with E-state index in [0.717, 1.165) is 17.2 Å². The monoisotopic (exact) mass is 292 g/mol. The molecule has 2 aliphatic rings. The summed E-state index contributed by atoms with van der Waals surface area (Å²) in [6.45, 7) is 1.81. The molecule has 0 spiro atoms. The number of rotatable bonds is 4. The van der Waals surface area contributed by atoms with E-state index in [0.29, 0.717) is 31.2 Å². The molecule has 1 N–H and O–H groups in total. The Bertz CT molecular complexity index is 514. The van der Waals surface area contributed by atoms with Crippen molar-refractivity contribution in [1.82, 2.24) is 5.32 Å². The van der Waals surface area contributed by atoms with Crippen molar-refractivity contribution in [3.8, 4) is 0 Å². The van der Waals surface area contributed by atoms with Crippen molar-refractivity contribution in [3.63, 3.8) is 0 Å². The molecular weight excluding hydrogens is 276 g/mol. The van der Waals surface area contributed by atoms with Crippen LogP contribution in [0.1, 0.15) is 10.4 Å². The molecular formula is C14H16N2O3S. The Morgan fingerprint density at radius 3 is 2.65 bits per heavy atom. The van der Waals surface area contributed by atoms with E-state index in [1.165, 1.54) is 0 Å². The Morgan fingerprint density at radius 1 is 1.35 bits per heavy atom. The molecule has 6 heteroatoms. The maximum Gasteiger partial charge on any atom is 0.338 e. The highest BCUT2D eigenvalue weighted by Crippen LogP contribution is 2.25. The largest absolute Gasteiger partial charge is 0.462 e. The molecule has 0 unspecified atom stereocenters. The topological polar surface area (TPSA) is 58.6 Å². The van der Waals surface area contributed by atoms with Crippen LogP contribution in [0.3, 0.4) is 0 Å². The summed E-state index contributed by atoms with van der Waals surface area (Å²) in [5.41, 5.74) is 1.33. The number of anilines is 1. The van der Waals surface area contributed by atoms with E-state index in [1.54, 1.807) is 29.2 Å². The van der Waals surface area contributed by atoms with Crippen LogP contribution in [0.25, 0.3) is 0 Å². The Hall–Kier alpha value is -1.69. The van der Waals surface area contributed by atoms with Gasteiger partial charge in [0.2, 0.25) is 0 Å². The summed E-state index contributed by atoms with van der Waals surface area (Å²) in [7, 11) is 0. The maximum absolute atomic E-state index is 11.9. The molecule has 0 saturated carbocycles. The van der Waals surface area contributed by atoms with Crippen molar-refractivity contribution in [2.24, 2.45) is 5.92 Å². The van der Waals surface area contributed by atoms with Gasteiger partial charge in [0.05, 0.1) is 12.2 Å². The lowest BCUT2D eigenvalue weighted by atomic mass is 10.2. The number of nitrogens with one attached hydrogen (secondary N) is 1. The molecule has 3 rings (SSSR count). The van der Waals surface area contributed by atoms with Crippen LogP contribution >= 0.6 is 11.8 Å². The normalized spacial score (nSPS) is 18.6. The van der Waals surface area contributed by atoms with Crippen LogP contribution in [-0.4, -0.2) is 43.2 Å². The minimum atomic E-state index is -0.292. The molecule has 20 heavy (non-hydrogen) atoms. The Kier molecular flexibility index (Phi) is 3.82. The molecule has 2 aliphatic heterocycles. The minimum Gasteiger partial charge on any atom is -0.462 e. The first-order valence-corrected chi connectivity index (χ1v) is 7.80. The first-order valence-electron chi connectivity index (χ1n) is 6.64. The van der Waals surface area contributed by atoms with Crippen LogP contribution in [0.2, 0.25) is 0 Å². The zero-order valence-electron chi connectivity index (χ0n) is 11.0. The van der Waals surface area contributed by atoms with Crippen molar-refractivity contribution in [1.29, 1.82) is 0 Å². The number of amides is 2. The predicted octanol–water partition coefficient (Wildman–Crippen LogP) is 1.74. The second-order valence-electron chi connectivity index (χ2n) is 4.93. The highest BCUT2D eigenvalue weighted by molar-refractivity contribution is 8.00. The van der Waals surface area contributed by atoms with Crippen LogP contribution in [0.4, 0.5) is 10.5 Å². The van der Waals surface area contributed by atoms with Crippen LogP contribution in [-0.2, 0) is 4.74 Å². The zero-order chi connectivity index (χ0) is 13.9. The van der Waals surface area contributed by atoms with Gasteiger partial charge in [-0.25, -0.2) is 9.59 Å². The highest BCUT2D eigenvalue weighted by atomic mass is 32.2. The van der Waals surface area contributed by atoms with E-state index in [-0.39, 0.29) is 12.0 Å². The van der Waals surface area contributed by atoms with Crippen LogP contribution < -0.4 is 10.2 Å². The lowest BCUT2D eigenvalue weighted by Gasteiger charge is -2.24. The number of hydrogen-bond donors (Lipinski definition) is 1. The Balaban J connectivity index is 1.60. The molecule has 1 aromatic rings. The minimum absolute atomic E-state index is 0.0946. The van der Waals surface area contributed by atoms with E-state index in [9.17, 15) is 9.59 Å². The number of carbonyl (C=O) groups is 2. The summed E-state index contributed by atoms with van der Waals surface area (Å²) in [5, 5.41) is 2.74. The van der Waals surface area contributed by atoms with Gasteiger partial charge in [0, 0.05) is 36.2 Å². The lowest BCUT2D eigenvalue weighted by molar-refractivity contribution is 0.0458. The third-order valence-electron chi connectivity index (χ3n) is 3.43. The second kappa shape index (κ2) is 5.75. The number of urea groups is 1. The molecule has 2 saturated heterocycles. The van der Waals surface area contributed by atoms with Gasteiger partial charge < -0.3 is 10.1 Å². The van der Waals surface area contributed by atoms with Gasteiger partial charge >= 0.3 is 12.0 Å². The summed E-state index contributed by atoms with van der Waals surface area (Å²) in [6.07, 6.45) is 0. The van der Waals surface area contributed by atoms with E-state index in [1.807, 2.05) is 11.8 Å². The average Bonchev–Trinajstić information content (AvgIpc) is 2.83. The van der Waals surface area contributed by atoms with Crippen molar-refractivity contribution < 1.29 is 14.3 Å². The molecule has 1 aromatic carbocycles. The number of thioether (sulfide) groups is 1. The third kappa shape index (κ3) is 2.75. The molecule has 2 heterocycles. The second-order valence-corrected chi connectivity index (χ2v) is 6.01. The average molecular weight is 292 g/mol. The molecule has 106 valence electrons. The summed E-state index contributed by atoms with van der Waals surface area (Å²) in [5.74, 6) is 2.38. The smallest absolute Gasteiger partial charge is 0.338 e. The van der Waals surface area contributed by atoms with Crippen molar-refractivity contribution >= 4 is 29.4 Å². The highest BCUT2D eigenvalue weighted by Gasteiger charge is 2.22. The lowest BCUT2D eigenvalue weighted by Crippen LogP contribution is -2.27. The van der Waals surface area contributed by atoms with Crippen LogP contribution in [0.15, 0.2) is 24.3 Å². The van der Waals surface area contributed by atoms with Gasteiger partial charge in [-0.1, -0.05) is 0 Å². The number of esters is 1. The van der Waals surface area contributed by atoms with Gasteiger partial charge in [0.25, 0.3) is 0 Å². The molecule has 0 bridgehead atoms. The van der Waals surface area contributed by atoms with E-state index < -0.39 is 0 Å². The fourth-order valence-corrected chi connectivity index (χ4v) is 2.91. The maximum atomic E-state index is 11.9. The van der Waals surface area contributed by atoms with Gasteiger partial charge in [-0.3, -0.25) is 4.90 Å². The van der Waals surface area contributed by atoms with Gasteiger partial charge in [-0.2, -0.15) is 11.8 Å². The van der Waals surface area contributed by atoms with Crippen LogP contribution in [0.5, 0.6) is 0 Å². The summed E-state index contributed by atoms with van der Waals surface area (Å²) < 4.78 is 5.27. The summed E-state index contributed by atoms with van der Waals surface area (Å²) >= 11 is 1.87. The molecule has 2 fully saturated rings. The molecule has 2 amide bonds. The van der Waals surface area contributed by atoms with E-state index in [4.69, 9.17) is 4.74 Å². The number of carbonyl (C=O) groups excluding carboxylic acids is 2. The number of nitrogens with zero attached hydrogens (tertiary/aromatic N) is 1. The van der Waals surface area contributed by atoms with Gasteiger partial charge in [-0.15, -0.1) is 0 Å². The zero-order valence-corrected chi connectivity index (χ0v) is 11.8. The van der Waals surface area contributed by atoms with E-state index in [2.05, 4.69) is 5.32 Å². The van der Waals surface area contributed by atoms with Crippen molar-refractivity contribution in [2.45, 2.75) is 0 Å². The first-order chi connectivity index (χ1) is 9.74. The van der Waals surface area contributed by atoms with Crippen molar-refractivity contribution in [3.05, 3.63) is 29.8 Å². The van der Waals surface area contributed by atoms with Crippen LogP contribution in [0, 0.1) is 5.92 Å². The fraction of sp³-hybridized carbons (Fsp3) is 0.429. The van der Waals surface area contributed by atoms with Gasteiger partial charge in [-0.05, 0) is 24.3 Å². The molecule has 0 radical (unpaired) electrons. The Labute approximate surface area is 121 Å². The Morgan fingerprint density at radius 2 is 2.10 bits per heavy atom. The number of ether oxygens (including phenoxy) is 1. The summed E-state index contributed by atoms with van der Waals surface area (Å²) in [6, 6.07) is 6.88. The first kappa shape index (κ1) is 13.3. The van der Waals surface area contributed by atoms with Gasteiger partial charge in [0.1, 0.15) is 0 Å². The predicted molar refractivity (Wildman–Crippen MR) is 78.3 cm³/mol. The summed E-state index contributed by atoms with van der Waals surface area (Å²) in [4.78, 5) is 25.0. The molecule has 0 aliphatic carbocycles. The number of hydrogen-bond acceptors (Lipinski definition) is 4. The van der Waals surface area contributed by atoms with Gasteiger partial charge in [0.15, 0.2) is 0 Å². The number of benzene rings is 1. The molecule has 0 aromatic heterocycles. The fourth-order valence-electron chi connectivity index (χ4n) is 2.15. The SMILES string of the molecule is O=C(OCC1CSC1)c1ccc(N2CCNC2=O)cc1. The standard InChI is InChI=1S/C14H16N2O3S/c17-13(19-7-10-8-20-9-10)11-1-3-12(4-2-11)16-6-5-15-14(16)18/h1-4,10H,5-9H2,(H,15,18). The van der Waals surface area contributed by atoms with E-state index >= 15 is 0 Å². The quantitative estimate of drug-likeness (QED) is 0.859. The third-order valence-corrected chi connectivity index (χ3v) is 4.84. The molecule has 0 atom stereocenters. The molecule has 5 nitrogen and oxygen atoms in total.